The van der Waals surface area contributed by atoms with Crippen molar-refractivity contribution in [2.45, 2.75) is 32.8 Å². The fourth-order valence-corrected chi connectivity index (χ4v) is 0.983. The molecule has 0 aromatic heterocycles. The van der Waals surface area contributed by atoms with Gasteiger partial charge in [-0.2, -0.15) is 0 Å². The highest BCUT2D eigenvalue weighted by molar-refractivity contribution is 4.62. The van der Waals surface area contributed by atoms with Gasteiger partial charge in [0.15, 0.2) is 0 Å². The van der Waals surface area contributed by atoms with Crippen molar-refractivity contribution in [3.05, 3.63) is 0 Å². The molecular formula is C8H18O2. The zero-order valence-corrected chi connectivity index (χ0v) is 7.13. The summed E-state index contributed by atoms with van der Waals surface area (Å²) in [6, 6.07) is 0. The molecule has 0 aliphatic heterocycles. The Balaban J connectivity index is 3.38. The molecule has 1 N–H and O–H groups in total. The molecule has 2 unspecified atom stereocenters. The Kier molecular flexibility index (Phi) is 5.64. The number of hydrogen-bond donors (Lipinski definition) is 1. The molecule has 0 radical (unpaired) electrons. The third-order valence-electron chi connectivity index (χ3n) is 1.74. The number of methoxy groups -OCH3 is 1. The van der Waals surface area contributed by atoms with Gasteiger partial charge in [-0.3, -0.25) is 0 Å². The van der Waals surface area contributed by atoms with Gasteiger partial charge in [0.25, 0.3) is 0 Å². The van der Waals surface area contributed by atoms with Crippen LogP contribution in [0.4, 0.5) is 0 Å². The van der Waals surface area contributed by atoms with E-state index in [0.29, 0.717) is 12.5 Å². The topological polar surface area (TPSA) is 29.5 Å². The lowest BCUT2D eigenvalue weighted by Gasteiger charge is -2.16. The summed E-state index contributed by atoms with van der Waals surface area (Å²) in [7, 11) is 1.61. The van der Waals surface area contributed by atoms with Gasteiger partial charge < -0.3 is 9.84 Å². The summed E-state index contributed by atoms with van der Waals surface area (Å²) >= 11 is 0. The summed E-state index contributed by atoms with van der Waals surface area (Å²) in [6.07, 6.45) is 1.91. The molecule has 0 bridgehead atoms. The zero-order valence-electron chi connectivity index (χ0n) is 7.13. The van der Waals surface area contributed by atoms with E-state index in [2.05, 4.69) is 6.92 Å². The average molecular weight is 146 g/mol. The van der Waals surface area contributed by atoms with Crippen LogP contribution in [0.5, 0.6) is 0 Å². The molecule has 0 saturated heterocycles. The van der Waals surface area contributed by atoms with Gasteiger partial charge in [0, 0.05) is 7.11 Å². The molecule has 10 heavy (non-hydrogen) atoms. The van der Waals surface area contributed by atoms with Crippen molar-refractivity contribution in [1.82, 2.24) is 0 Å². The minimum atomic E-state index is -0.287. The smallest absolute Gasteiger partial charge is 0.0798 e. The van der Waals surface area contributed by atoms with Gasteiger partial charge in [-0.25, -0.2) is 0 Å². The number of ether oxygens (including phenoxy) is 1. The third kappa shape index (κ3) is 3.85. The molecule has 0 aliphatic carbocycles. The maximum atomic E-state index is 9.32. The van der Waals surface area contributed by atoms with Crippen LogP contribution in [0, 0.1) is 5.92 Å². The second kappa shape index (κ2) is 5.69. The Bertz CT molecular complexity index is 63.7. The van der Waals surface area contributed by atoms with Crippen LogP contribution in [0.3, 0.4) is 0 Å². The molecule has 2 atom stereocenters. The molecule has 0 spiro atoms. The normalized spacial score (nSPS) is 16.8. The Labute approximate surface area is 63.2 Å². The summed E-state index contributed by atoms with van der Waals surface area (Å²) < 4.78 is 4.82. The maximum Gasteiger partial charge on any atom is 0.0798 e. The lowest BCUT2D eigenvalue weighted by Crippen LogP contribution is -2.22. The van der Waals surface area contributed by atoms with Crippen molar-refractivity contribution >= 4 is 0 Å². The highest BCUT2D eigenvalue weighted by atomic mass is 16.5. The van der Waals surface area contributed by atoms with Crippen molar-refractivity contribution < 1.29 is 9.84 Å². The highest BCUT2D eigenvalue weighted by Gasteiger charge is 2.11. The van der Waals surface area contributed by atoms with E-state index < -0.39 is 0 Å². The van der Waals surface area contributed by atoms with Gasteiger partial charge in [-0.15, -0.1) is 0 Å². The molecule has 0 aromatic carbocycles. The Morgan fingerprint density at radius 3 is 2.50 bits per heavy atom. The van der Waals surface area contributed by atoms with Gasteiger partial charge in [-0.05, 0) is 12.3 Å². The molecule has 0 fully saturated rings. The van der Waals surface area contributed by atoms with Crippen LogP contribution in [0.2, 0.25) is 0 Å². The first-order chi connectivity index (χ1) is 4.72. The van der Waals surface area contributed by atoms with Crippen LogP contribution in [0.25, 0.3) is 0 Å². The van der Waals surface area contributed by atoms with Crippen molar-refractivity contribution in [2.75, 3.05) is 13.7 Å². The van der Waals surface area contributed by atoms with Crippen LogP contribution in [-0.4, -0.2) is 24.9 Å². The Hall–Kier alpha value is -0.0800. The van der Waals surface area contributed by atoms with Gasteiger partial charge in [0.1, 0.15) is 0 Å². The van der Waals surface area contributed by atoms with Crippen molar-refractivity contribution in [1.29, 1.82) is 0 Å². The van der Waals surface area contributed by atoms with Crippen LogP contribution >= 0.6 is 0 Å². The SMILES string of the molecule is CCCC(C)C(O)COC. The molecular weight excluding hydrogens is 128 g/mol. The minimum absolute atomic E-state index is 0.287. The summed E-state index contributed by atoms with van der Waals surface area (Å²) in [5, 5.41) is 9.32. The Morgan fingerprint density at radius 1 is 1.50 bits per heavy atom. The largest absolute Gasteiger partial charge is 0.390 e. The van der Waals surface area contributed by atoms with Crippen molar-refractivity contribution in [2.24, 2.45) is 5.92 Å². The van der Waals surface area contributed by atoms with Crippen LogP contribution in [0.1, 0.15) is 26.7 Å². The standard InChI is InChI=1S/C8H18O2/c1-4-5-7(2)8(9)6-10-3/h7-9H,4-6H2,1-3H3. The lowest BCUT2D eigenvalue weighted by atomic mass is 10.0. The first-order valence-electron chi connectivity index (χ1n) is 3.89. The molecule has 62 valence electrons. The number of aliphatic hydroxyl groups excluding tert-OH is 1. The van der Waals surface area contributed by atoms with Crippen LogP contribution in [-0.2, 0) is 4.74 Å². The van der Waals surface area contributed by atoms with E-state index in [1.165, 1.54) is 0 Å². The molecule has 0 aliphatic rings. The van der Waals surface area contributed by atoms with Gasteiger partial charge in [0.2, 0.25) is 0 Å². The van der Waals surface area contributed by atoms with Crippen LogP contribution < -0.4 is 0 Å². The van der Waals surface area contributed by atoms with Gasteiger partial charge in [-0.1, -0.05) is 20.3 Å². The summed E-state index contributed by atoms with van der Waals surface area (Å²) in [6.45, 7) is 4.63. The summed E-state index contributed by atoms with van der Waals surface area (Å²) in [5.74, 6) is 0.366. The molecule has 2 nitrogen and oxygen atoms in total. The van der Waals surface area contributed by atoms with Gasteiger partial charge >= 0.3 is 0 Å². The van der Waals surface area contributed by atoms with Gasteiger partial charge in [0.05, 0.1) is 12.7 Å². The van der Waals surface area contributed by atoms with E-state index in [1.807, 2.05) is 6.92 Å². The molecule has 2 heteroatoms. The van der Waals surface area contributed by atoms with E-state index in [9.17, 15) is 5.11 Å². The van der Waals surface area contributed by atoms with E-state index in [1.54, 1.807) is 7.11 Å². The summed E-state index contributed by atoms with van der Waals surface area (Å²) in [4.78, 5) is 0. The fraction of sp³-hybridized carbons (Fsp3) is 1.00. The molecule has 0 amide bonds. The predicted octanol–water partition coefficient (Wildman–Crippen LogP) is 1.43. The second-order valence-corrected chi connectivity index (χ2v) is 2.79. The summed E-state index contributed by atoms with van der Waals surface area (Å²) in [5.41, 5.74) is 0. The average Bonchev–Trinajstić information content (AvgIpc) is 1.89. The maximum absolute atomic E-state index is 9.32. The van der Waals surface area contributed by atoms with E-state index >= 15 is 0 Å². The number of rotatable bonds is 5. The lowest BCUT2D eigenvalue weighted by molar-refractivity contribution is 0.0279. The fourth-order valence-electron chi connectivity index (χ4n) is 0.983. The quantitative estimate of drug-likeness (QED) is 0.635. The molecule has 0 heterocycles. The number of hydrogen-bond acceptors (Lipinski definition) is 2. The molecule has 0 rings (SSSR count). The third-order valence-corrected chi connectivity index (χ3v) is 1.74. The Morgan fingerprint density at radius 2 is 2.10 bits per heavy atom. The van der Waals surface area contributed by atoms with Crippen LogP contribution in [0.15, 0.2) is 0 Å². The van der Waals surface area contributed by atoms with E-state index in [-0.39, 0.29) is 6.10 Å². The van der Waals surface area contributed by atoms with Crippen molar-refractivity contribution in [3.63, 3.8) is 0 Å². The second-order valence-electron chi connectivity index (χ2n) is 2.79. The first kappa shape index (κ1) is 9.92. The minimum Gasteiger partial charge on any atom is -0.390 e. The predicted molar refractivity (Wildman–Crippen MR) is 42.0 cm³/mol. The monoisotopic (exact) mass is 146 g/mol. The van der Waals surface area contributed by atoms with Crippen molar-refractivity contribution in [3.8, 4) is 0 Å². The number of aliphatic hydroxyl groups is 1. The molecule has 0 aromatic rings. The zero-order chi connectivity index (χ0) is 7.98. The van der Waals surface area contributed by atoms with E-state index in [4.69, 9.17) is 4.74 Å². The molecule has 0 saturated carbocycles. The first-order valence-corrected chi connectivity index (χ1v) is 3.89. The van der Waals surface area contributed by atoms with E-state index in [0.717, 1.165) is 12.8 Å². The highest BCUT2D eigenvalue weighted by Crippen LogP contribution is 2.09.